The highest BCUT2D eigenvalue weighted by Gasteiger charge is 2.29. The minimum absolute atomic E-state index is 0.0115. The van der Waals surface area contributed by atoms with Crippen LogP contribution in [-0.2, 0) is 9.53 Å². The van der Waals surface area contributed by atoms with Gasteiger partial charge in [0.2, 0.25) is 0 Å². The van der Waals surface area contributed by atoms with Crippen molar-refractivity contribution < 1.29 is 9.53 Å². The molecule has 94 valence electrons. The summed E-state index contributed by atoms with van der Waals surface area (Å²) in [6.45, 7) is 14.3. The molecular weight excluding hydrogens is 268 g/mol. The molecule has 0 rings (SSSR count). The van der Waals surface area contributed by atoms with Gasteiger partial charge in [-0.25, -0.2) is 4.79 Å². The number of carbonyl (C=O) groups excluding carboxylic acids is 1. The topological polar surface area (TPSA) is 26.3 Å². The molecule has 3 heteroatoms. The van der Waals surface area contributed by atoms with Crippen molar-refractivity contribution >= 4 is 21.9 Å². The first kappa shape index (κ1) is 15.7. The van der Waals surface area contributed by atoms with Gasteiger partial charge in [-0.15, -0.1) is 0 Å². The molecule has 0 spiro atoms. The van der Waals surface area contributed by atoms with Gasteiger partial charge >= 0.3 is 5.97 Å². The van der Waals surface area contributed by atoms with Crippen molar-refractivity contribution in [1.29, 1.82) is 0 Å². The Morgan fingerprint density at radius 3 is 2.12 bits per heavy atom. The summed E-state index contributed by atoms with van der Waals surface area (Å²) in [4.78, 5) is 11.3. The molecule has 0 bridgehead atoms. The number of halogens is 1. The highest BCUT2D eigenvalue weighted by molar-refractivity contribution is 9.09. The predicted octanol–water partition coefficient (Wildman–Crippen LogP) is 3.94. The Labute approximate surface area is 108 Å². The van der Waals surface area contributed by atoms with Crippen LogP contribution in [0.1, 0.15) is 41.0 Å². The van der Waals surface area contributed by atoms with Gasteiger partial charge in [-0.2, -0.15) is 0 Å². The Bertz CT molecular complexity index is 267. The summed E-state index contributed by atoms with van der Waals surface area (Å²) in [6.07, 6.45) is 0.995. The van der Waals surface area contributed by atoms with Gasteiger partial charge in [0.05, 0.1) is 6.61 Å². The standard InChI is InChI=1S/C13H23BrO2/c1-10(2)11(15)16-9-13(5,6)7-12(3,4)8-14/h1,7-9H2,2-6H3. The molecule has 0 radical (unpaired) electrons. The van der Waals surface area contributed by atoms with E-state index in [-0.39, 0.29) is 16.8 Å². The minimum Gasteiger partial charge on any atom is -0.462 e. The Balaban J connectivity index is 4.25. The third-order valence-corrected chi connectivity index (χ3v) is 3.78. The predicted molar refractivity (Wildman–Crippen MR) is 71.7 cm³/mol. The van der Waals surface area contributed by atoms with E-state index in [2.05, 4.69) is 50.2 Å². The largest absolute Gasteiger partial charge is 0.462 e. The van der Waals surface area contributed by atoms with Crippen molar-refractivity contribution in [1.82, 2.24) is 0 Å². The molecule has 0 aromatic heterocycles. The molecule has 0 atom stereocenters. The Hall–Kier alpha value is -0.310. The summed E-state index contributed by atoms with van der Waals surface area (Å²) in [6, 6.07) is 0. The van der Waals surface area contributed by atoms with Gasteiger partial charge in [0.15, 0.2) is 0 Å². The summed E-state index contributed by atoms with van der Waals surface area (Å²) in [5.74, 6) is -0.301. The maximum Gasteiger partial charge on any atom is 0.333 e. The number of hydrogen-bond donors (Lipinski definition) is 0. The average Bonchev–Trinajstić information content (AvgIpc) is 2.12. The van der Waals surface area contributed by atoms with Crippen LogP contribution in [0.15, 0.2) is 12.2 Å². The van der Waals surface area contributed by atoms with Crippen LogP contribution in [0.3, 0.4) is 0 Å². The van der Waals surface area contributed by atoms with E-state index in [1.54, 1.807) is 6.92 Å². The second-order valence-electron chi connectivity index (χ2n) is 6.00. The van der Waals surface area contributed by atoms with Crippen molar-refractivity contribution in [3.63, 3.8) is 0 Å². The van der Waals surface area contributed by atoms with Crippen molar-refractivity contribution in [2.75, 3.05) is 11.9 Å². The number of ether oxygens (including phenoxy) is 1. The molecule has 0 aliphatic carbocycles. The van der Waals surface area contributed by atoms with E-state index < -0.39 is 0 Å². The number of alkyl halides is 1. The van der Waals surface area contributed by atoms with Gasteiger partial charge in [-0.1, -0.05) is 50.2 Å². The lowest BCUT2D eigenvalue weighted by molar-refractivity contribution is -0.142. The molecule has 0 aliphatic rings. The fourth-order valence-electron chi connectivity index (χ4n) is 1.78. The zero-order chi connectivity index (χ0) is 13.0. The zero-order valence-corrected chi connectivity index (χ0v) is 12.6. The molecular formula is C13H23BrO2. The molecule has 16 heavy (non-hydrogen) atoms. The maximum atomic E-state index is 11.3. The van der Waals surface area contributed by atoms with Crippen LogP contribution in [0.2, 0.25) is 0 Å². The van der Waals surface area contributed by atoms with E-state index >= 15 is 0 Å². The number of carbonyl (C=O) groups is 1. The van der Waals surface area contributed by atoms with E-state index in [0.717, 1.165) is 11.8 Å². The molecule has 0 unspecified atom stereocenters. The Morgan fingerprint density at radius 1 is 1.25 bits per heavy atom. The van der Waals surface area contributed by atoms with Crippen LogP contribution < -0.4 is 0 Å². The van der Waals surface area contributed by atoms with Gasteiger partial charge in [0, 0.05) is 10.9 Å². The second-order valence-corrected chi connectivity index (χ2v) is 6.56. The molecule has 0 aromatic rings. The Morgan fingerprint density at radius 2 is 1.75 bits per heavy atom. The van der Waals surface area contributed by atoms with Gasteiger partial charge in [-0.3, -0.25) is 0 Å². The molecule has 0 amide bonds. The third-order valence-electron chi connectivity index (χ3n) is 2.26. The molecule has 0 aromatic carbocycles. The van der Waals surface area contributed by atoms with Crippen LogP contribution in [-0.4, -0.2) is 17.9 Å². The van der Waals surface area contributed by atoms with Crippen molar-refractivity contribution in [3.05, 3.63) is 12.2 Å². The molecule has 0 N–H and O–H groups in total. The fourth-order valence-corrected chi connectivity index (χ4v) is 1.98. The van der Waals surface area contributed by atoms with Crippen molar-refractivity contribution in [2.24, 2.45) is 10.8 Å². The second kappa shape index (κ2) is 5.85. The van der Waals surface area contributed by atoms with E-state index in [9.17, 15) is 4.79 Å². The summed E-state index contributed by atoms with van der Waals surface area (Å²) < 4.78 is 5.20. The molecule has 0 heterocycles. The fraction of sp³-hybridized carbons (Fsp3) is 0.769. The molecule has 0 saturated carbocycles. The normalized spacial score (nSPS) is 12.4. The van der Waals surface area contributed by atoms with Gasteiger partial charge < -0.3 is 4.74 Å². The molecule has 0 saturated heterocycles. The summed E-state index contributed by atoms with van der Waals surface area (Å²) >= 11 is 3.50. The van der Waals surface area contributed by atoms with Crippen molar-refractivity contribution in [2.45, 2.75) is 41.0 Å². The van der Waals surface area contributed by atoms with Crippen LogP contribution in [0.25, 0.3) is 0 Å². The number of esters is 1. The van der Waals surface area contributed by atoms with Crippen LogP contribution in [0, 0.1) is 10.8 Å². The van der Waals surface area contributed by atoms with Crippen molar-refractivity contribution in [3.8, 4) is 0 Å². The van der Waals surface area contributed by atoms with Gasteiger partial charge in [0.1, 0.15) is 0 Å². The minimum atomic E-state index is -0.301. The maximum absolute atomic E-state index is 11.3. The molecule has 0 aliphatic heterocycles. The van der Waals surface area contributed by atoms with E-state index in [1.165, 1.54) is 0 Å². The highest BCUT2D eigenvalue weighted by atomic mass is 79.9. The van der Waals surface area contributed by atoms with E-state index in [0.29, 0.717) is 12.2 Å². The number of rotatable bonds is 6. The number of hydrogen-bond acceptors (Lipinski definition) is 2. The van der Waals surface area contributed by atoms with Crippen LogP contribution in [0.4, 0.5) is 0 Å². The van der Waals surface area contributed by atoms with Crippen LogP contribution >= 0.6 is 15.9 Å². The first-order valence-corrected chi connectivity index (χ1v) is 6.60. The lowest BCUT2D eigenvalue weighted by Gasteiger charge is -2.33. The SMILES string of the molecule is C=C(C)C(=O)OCC(C)(C)CC(C)(C)CBr. The lowest BCUT2D eigenvalue weighted by atomic mass is 9.77. The van der Waals surface area contributed by atoms with Gasteiger partial charge in [-0.05, 0) is 24.2 Å². The first-order chi connectivity index (χ1) is 7.09. The molecule has 0 fully saturated rings. The monoisotopic (exact) mass is 290 g/mol. The zero-order valence-electron chi connectivity index (χ0n) is 11.0. The summed E-state index contributed by atoms with van der Waals surface area (Å²) in [5, 5.41) is 0.942. The third kappa shape index (κ3) is 6.31. The first-order valence-electron chi connectivity index (χ1n) is 5.48. The van der Waals surface area contributed by atoms with Gasteiger partial charge in [0.25, 0.3) is 0 Å². The Kier molecular flexibility index (Phi) is 5.74. The highest BCUT2D eigenvalue weighted by Crippen LogP contribution is 2.35. The lowest BCUT2D eigenvalue weighted by Crippen LogP contribution is -2.29. The average molecular weight is 291 g/mol. The van der Waals surface area contributed by atoms with Crippen LogP contribution in [0.5, 0.6) is 0 Å². The summed E-state index contributed by atoms with van der Waals surface area (Å²) in [5.41, 5.74) is 0.650. The quantitative estimate of drug-likeness (QED) is 0.421. The van der Waals surface area contributed by atoms with E-state index in [1.807, 2.05) is 0 Å². The smallest absolute Gasteiger partial charge is 0.333 e. The van der Waals surface area contributed by atoms with E-state index in [4.69, 9.17) is 4.74 Å². The summed E-state index contributed by atoms with van der Waals surface area (Å²) in [7, 11) is 0. The molecule has 2 nitrogen and oxygen atoms in total.